The zero-order valence-corrected chi connectivity index (χ0v) is 11.5. The van der Waals surface area contributed by atoms with Gasteiger partial charge >= 0.3 is 5.97 Å². The van der Waals surface area contributed by atoms with Crippen molar-refractivity contribution in [2.75, 3.05) is 13.7 Å². The van der Waals surface area contributed by atoms with E-state index < -0.39 is 5.97 Å². The summed E-state index contributed by atoms with van der Waals surface area (Å²) in [6.07, 6.45) is 2.40. The summed E-state index contributed by atoms with van der Waals surface area (Å²) >= 11 is 0. The zero-order chi connectivity index (χ0) is 14.5. The van der Waals surface area contributed by atoms with Gasteiger partial charge in [0.05, 0.1) is 19.1 Å². The van der Waals surface area contributed by atoms with Crippen molar-refractivity contribution in [2.45, 2.75) is 31.8 Å². The van der Waals surface area contributed by atoms with Crippen molar-refractivity contribution in [3.63, 3.8) is 0 Å². The maximum Gasteiger partial charge on any atom is 0.304 e. The molecule has 0 aromatic heterocycles. The van der Waals surface area contributed by atoms with Gasteiger partial charge in [0.25, 0.3) is 0 Å². The lowest BCUT2D eigenvalue weighted by Gasteiger charge is -2.21. The number of methoxy groups -OCH3 is 1. The molecule has 5 heteroatoms. The summed E-state index contributed by atoms with van der Waals surface area (Å²) in [7, 11) is 1.54. The Morgan fingerprint density at radius 2 is 2.30 bits per heavy atom. The molecule has 1 aliphatic rings. The van der Waals surface area contributed by atoms with E-state index in [1.807, 2.05) is 12.1 Å². The van der Waals surface area contributed by atoms with Gasteiger partial charge in [-0.3, -0.25) is 9.69 Å². The number of nitrogens with zero attached hydrogens (tertiary/aromatic N) is 2. The van der Waals surface area contributed by atoms with Crippen LogP contribution in [0.5, 0.6) is 5.75 Å². The van der Waals surface area contributed by atoms with Crippen LogP contribution in [-0.2, 0) is 11.3 Å². The Labute approximate surface area is 118 Å². The quantitative estimate of drug-likeness (QED) is 0.823. The Balaban J connectivity index is 2.06. The van der Waals surface area contributed by atoms with Crippen LogP contribution in [0.3, 0.4) is 0 Å². The monoisotopic (exact) mass is 274 g/mol. The average Bonchev–Trinajstić information content (AvgIpc) is 3.27. The Kier molecular flexibility index (Phi) is 4.59. The SMILES string of the molecule is COc1ccc(CN(CCC(=O)O)C2CC2)cc1C#N. The van der Waals surface area contributed by atoms with Gasteiger partial charge < -0.3 is 9.84 Å². The van der Waals surface area contributed by atoms with E-state index in [9.17, 15) is 4.79 Å². The second-order valence-corrected chi connectivity index (χ2v) is 4.99. The smallest absolute Gasteiger partial charge is 0.304 e. The lowest BCUT2D eigenvalue weighted by Crippen LogP contribution is -2.28. The fourth-order valence-electron chi connectivity index (χ4n) is 2.25. The van der Waals surface area contributed by atoms with E-state index in [4.69, 9.17) is 15.1 Å². The van der Waals surface area contributed by atoms with Crippen LogP contribution in [-0.4, -0.2) is 35.7 Å². The Morgan fingerprint density at radius 3 is 2.85 bits per heavy atom. The molecule has 0 unspecified atom stereocenters. The van der Waals surface area contributed by atoms with Crippen molar-refractivity contribution in [3.8, 4) is 11.8 Å². The molecule has 2 rings (SSSR count). The van der Waals surface area contributed by atoms with E-state index in [0.717, 1.165) is 18.4 Å². The van der Waals surface area contributed by atoms with Crippen molar-refractivity contribution < 1.29 is 14.6 Å². The third-order valence-corrected chi connectivity index (χ3v) is 3.45. The number of benzene rings is 1. The number of hydrogen-bond acceptors (Lipinski definition) is 4. The molecule has 1 aromatic carbocycles. The average molecular weight is 274 g/mol. The highest BCUT2D eigenvalue weighted by Crippen LogP contribution is 2.29. The minimum absolute atomic E-state index is 0.151. The van der Waals surface area contributed by atoms with Gasteiger partial charge in [-0.15, -0.1) is 0 Å². The first kappa shape index (κ1) is 14.4. The van der Waals surface area contributed by atoms with Crippen LogP contribution in [0.1, 0.15) is 30.4 Å². The lowest BCUT2D eigenvalue weighted by atomic mass is 10.1. The van der Waals surface area contributed by atoms with E-state index in [-0.39, 0.29) is 6.42 Å². The predicted octanol–water partition coefficient (Wildman–Crippen LogP) is 2.01. The van der Waals surface area contributed by atoms with Crippen molar-refractivity contribution >= 4 is 5.97 Å². The van der Waals surface area contributed by atoms with Gasteiger partial charge in [0.1, 0.15) is 11.8 Å². The molecule has 0 heterocycles. The van der Waals surface area contributed by atoms with Crippen LogP contribution in [0.4, 0.5) is 0 Å². The molecule has 0 bridgehead atoms. The Hall–Kier alpha value is -2.06. The minimum atomic E-state index is -0.775. The van der Waals surface area contributed by atoms with Gasteiger partial charge in [-0.05, 0) is 30.5 Å². The van der Waals surface area contributed by atoms with E-state index in [0.29, 0.717) is 30.4 Å². The van der Waals surface area contributed by atoms with Gasteiger partial charge in [0, 0.05) is 19.1 Å². The fourth-order valence-corrected chi connectivity index (χ4v) is 2.25. The van der Waals surface area contributed by atoms with Crippen molar-refractivity contribution in [1.29, 1.82) is 5.26 Å². The Morgan fingerprint density at radius 1 is 1.55 bits per heavy atom. The van der Waals surface area contributed by atoms with E-state index in [1.54, 1.807) is 13.2 Å². The first-order valence-electron chi connectivity index (χ1n) is 6.67. The van der Waals surface area contributed by atoms with Crippen LogP contribution in [0.25, 0.3) is 0 Å². The Bertz CT molecular complexity index is 532. The van der Waals surface area contributed by atoms with Crippen molar-refractivity contribution in [2.24, 2.45) is 0 Å². The van der Waals surface area contributed by atoms with Crippen LogP contribution < -0.4 is 4.74 Å². The number of hydrogen-bond donors (Lipinski definition) is 1. The molecule has 0 saturated heterocycles. The molecule has 0 atom stereocenters. The topological polar surface area (TPSA) is 73.6 Å². The maximum absolute atomic E-state index is 10.7. The van der Waals surface area contributed by atoms with E-state index >= 15 is 0 Å². The summed E-state index contributed by atoms with van der Waals surface area (Å²) in [6, 6.07) is 8.13. The van der Waals surface area contributed by atoms with E-state index in [1.165, 1.54) is 0 Å². The largest absolute Gasteiger partial charge is 0.495 e. The molecule has 106 valence electrons. The second kappa shape index (κ2) is 6.40. The standard InChI is InChI=1S/C15H18N2O3/c1-20-14-5-2-11(8-12(14)9-16)10-17(13-3-4-13)7-6-15(18)19/h2,5,8,13H,3-4,6-7,10H2,1H3,(H,18,19). The molecule has 0 amide bonds. The zero-order valence-electron chi connectivity index (χ0n) is 11.5. The molecule has 5 nitrogen and oxygen atoms in total. The van der Waals surface area contributed by atoms with Gasteiger partial charge in [-0.25, -0.2) is 0 Å². The molecule has 1 aromatic rings. The maximum atomic E-state index is 10.7. The van der Waals surface area contributed by atoms with Crippen molar-refractivity contribution in [1.82, 2.24) is 4.90 Å². The van der Waals surface area contributed by atoms with Gasteiger partial charge in [0.2, 0.25) is 0 Å². The second-order valence-electron chi connectivity index (χ2n) is 4.99. The first-order chi connectivity index (χ1) is 9.63. The number of carboxylic acid groups (broad SMARTS) is 1. The lowest BCUT2D eigenvalue weighted by molar-refractivity contribution is -0.137. The number of aliphatic carboxylic acids is 1. The fraction of sp³-hybridized carbons (Fsp3) is 0.467. The van der Waals surface area contributed by atoms with Crippen LogP contribution >= 0.6 is 0 Å². The minimum Gasteiger partial charge on any atom is -0.495 e. The molecule has 1 fully saturated rings. The molecule has 0 aliphatic heterocycles. The molecular formula is C15H18N2O3. The third-order valence-electron chi connectivity index (χ3n) is 3.45. The number of carbonyl (C=O) groups is 1. The summed E-state index contributed by atoms with van der Waals surface area (Å²) in [5, 5.41) is 17.9. The molecular weight excluding hydrogens is 256 g/mol. The van der Waals surface area contributed by atoms with Crippen LogP contribution in [0.15, 0.2) is 18.2 Å². The molecule has 0 radical (unpaired) electrons. The summed E-state index contributed by atoms with van der Waals surface area (Å²) in [5.41, 5.74) is 1.53. The van der Waals surface area contributed by atoms with Crippen LogP contribution in [0.2, 0.25) is 0 Å². The van der Waals surface area contributed by atoms with Crippen LogP contribution in [0, 0.1) is 11.3 Å². The van der Waals surface area contributed by atoms with E-state index in [2.05, 4.69) is 11.0 Å². The van der Waals surface area contributed by atoms with Crippen molar-refractivity contribution in [3.05, 3.63) is 29.3 Å². The highest BCUT2D eigenvalue weighted by molar-refractivity contribution is 5.66. The number of rotatable bonds is 7. The van der Waals surface area contributed by atoms with Gasteiger partial charge in [-0.2, -0.15) is 5.26 Å². The number of ether oxygens (including phenoxy) is 1. The molecule has 0 spiro atoms. The van der Waals surface area contributed by atoms with Gasteiger partial charge in [-0.1, -0.05) is 6.07 Å². The third kappa shape index (κ3) is 3.72. The normalized spacial score (nSPS) is 14.1. The summed E-state index contributed by atoms with van der Waals surface area (Å²) in [5.74, 6) is -0.206. The summed E-state index contributed by atoms with van der Waals surface area (Å²) in [6.45, 7) is 1.23. The number of nitriles is 1. The highest BCUT2D eigenvalue weighted by atomic mass is 16.5. The summed E-state index contributed by atoms with van der Waals surface area (Å²) < 4.78 is 5.12. The highest BCUT2D eigenvalue weighted by Gasteiger charge is 2.29. The summed E-state index contributed by atoms with van der Waals surface area (Å²) in [4.78, 5) is 12.9. The predicted molar refractivity (Wildman–Crippen MR) is 73.4 cm³/mol. The molecule has 1 saturated carbocycles. The number of carboxylic acids is 1. The first-order valence-corrected chi connectivity index (χ1v) is 6.67. The molecule has 1 N–H and O–H groups in total. The molecule has 1 aliphatic carbocycles. The van der Waals surface area contributed by atoms with Gasteiger partial charge in [0.15, 0.2) is 0 Å². The molecule has 20 heavy (non-hydrogen) atoms.